The zero-order valence-corrected chi connectivity index (χ0v) is 17.7. The van der Waals surface area contributed by atoms with E-state index in [1.165, 1.54) is 49.9 Å². The molecule has 2 fully saturated rings. The maximum Gasteiger partial charge on any atom is 0.213 e. The van der Waals surface area contributed by atoms with Gasteiger partial charge in [-0.15, -0.1) is 0 Å². The standard InChI is InChI=1S/C26H30N2O2/c1-29-24-6-4-5-22-11-12-25(27-26(22)24)30-18-20-15-23(16-20)21-9-7-19(8-10-21)17-28-13-2-3-14-28/h4-12,20,23H,2-3,13-18H2,1H3. The zero-order chi connectivity index (χ0) is 20.3. The van der Waals surface area contributed by atoms with E-state index in [4.69, 9.17) is 9.47 Å². The molecule has 2 heterocycles. The summed E-state index contributed by atoms with van der Waals surface area (Å²) in [6.07, 6.45) is 5.10. The molecule has 0 atom stereocenters. The van der Waals surface area contributed by atoms with Crippen molar-refractivity contribution in [2.45, 2.75) is 38.1 Å². The van der Waals surface area contributed by atoms with Gasteiger partial charge in [0.25, 0.3) is 0 Å². The topological polar surface area (TPSA) is 34.6 Å². The largest absolute Gasteiger partial charge is 0.494 e. The van der Waals surface area contributed by atoms with E-state index >= 15 is 0 Å². The van der Waals surface area contributed by atoms with Gasteiger partial charge in [-0.3, -0.25) is 4.90 Å². The summed E-state index contributed by atoms with van der Waals surface area (Å²) >= 11 is 0. The van der Waals surface area contributed by atoms with E-state index < -0.39 is 0 Å². The highest BCUT2D eigenvalue weighted by Gasteiger charge is 2.30. The summed E-state index contributed by atoms with van der Waals surface area (Å²) < 4.78 is 11.5. The number of aromatic nitrogens is 1. The van der Waals surface area contributed by atoms with Crippen LogP contribution in [0.15, 0.2) is 54.6 Å². The number of hydrogen-bond acceptors (Lipinski definition) is 4. The van der Waals surface area contributed by atoms with Crippen LogP contribution < -0.4 is 9.47 Å². The Balaban J connectivity index is 1.13. The molecular formula is C26H30N2O2. The van der Waals surface area contributed by atoms with Crippen LogP contribution in [0.5, 0.6) is 11.6 Å². The summed E-state index contributed by atoms with van der Waals surface area (Å²) in [5.74, 6) is 2.75. The first-order chi connectivity index (χ1) is 14.8. The quantitative estimate of drug-likeness (QED) is 0.529. The number of ether oxygens (including phenoxy) is 2. The van der Waals surface area contributed by atoms with Crippen LogP contribution in [0.2, 0.25) is 0 Å². The predicted octanol–water partition coefficient (Wildman–Crippen LogP) is 5.41. The molecule has 0 N–H and O–H groups in total. The number of likely N-dealkylation sites (tertiary alicyclic amines) is 1. The lowest BCUT2D eigenvalue weighted by molar-refractivity contribution is 0.154. The van der Waals surface area contributed by atoms with Crippen LogP contribution in [-0.4, -0.2) is 36.7 Å². The minimum absolute atomic E-state index is 0.606. The van der Waals surface area contributed by atoms with Crippen LogP contribution >= 0.6 is 0 Å². The maximum absolute atomic E-state index is 6.02. The molecule has 0 unspecified atom stereocenters. The molecule has 30 heavy (non-hydrogen) atoms. The number of benzene rings is 2. The smallest absolute Gasteiger partial charge is 0.213 e. The summed E-state index contributed by atoms with van der Waals surface area (Å²) in [7, 11) is 1.68. The lowest BCUT2D eigenvalue weighted by Crippen LogP contribution is -2.27. The Hall–Kier alpha value is -2.59. The van der Waals surface area contributed by atoms with Gasteiger partial charge < -0.3 is 9.47 Å². The third-order valence-electron chi connectivity index (χ3n) is 6.64. The number of methoxy groups -OCH3 is 1. The summed E-state index contributed by atoms with van der Waals surface area (Å²) in [6.45, 7) is 4.35. The zero-order valence-electron chi connectivity index (χ0n) is 17.7. The maximum atomic E-state index is 6.02. The molecule has 0 radical (unpaired) electrons. The van der Waals surface area contributed by atoms with Crippen molar-refractivity contribution < 1.29 is 9.47 Å². The number of fused-ring (bicyclic) bond motifs is 1. The SMILES string of the molecule is COc1cccc2ccc(OCC3CC(c4ccc(CN5CCCC5)cc4)C3)nc12. The Labute approximate surface area is 178 Å². The second-order valence-electron chi connectivity index (χ2n) is 8.75. The van der Waals surface area contributed by atoms with Gasteiger partial charge in [0.2, 0.25) is 5.88 Å². The molecule has 2 aliphatic rings. The molecule has 1 aliphatic carbocycles. The second kappa shape index (κ2) is 8.65. The van der Waals surface area contributed by atoms with Crippen molar-refractivity contribution in [3.05, 3.63) is 65.7 Å². The average Bonchev–Trinajstić information content (AvgIpc) is 3.26. The van der Waals surface area contributed by atoms with E-state index in [0.29, 0.717) is 17.7 Å². The van der Waals surface area contributed by atoms with E-state index in [1.54, 1.807) is 7.11 Å². The molecule has 3 aromatic rings. The molecule has 4 heteroatoms. The summed E-state index contributed by atoms with van der Waals surface area (Å²) in [5.41, 5.74) is 3.78. The van der Waals surface area contributed by atoms with Crippen LogP contribution in [-0.2, 0) is 6.54 Å². The first-order valence-corrected chi connectivity index (χ1v) is 11.2. The van der Waals surface area contributed by atoms with Gasteiger partial charge in [0.15, 0.2) is 0 Å². The lowest BCUT2D eigenvalue weighted by Gasteiger charge is -2.35. The average molecular weight is 403 g/mol. The van der Waals surface area contributed by atoms with Crippen LogP contribution in [0, 0.1) is 5.92 Å². The van der Waals surface area contributed by atoms with Crippen LogP contribution in [0.3, 0.4) is 0 Å². The Morgan fingerprint density at radius 2 is 1.77 bits per heavy atom. The number of nitrogens with zero attached hydrogens (tertiary/aromatic N) is 2. The Bertz CT molecular complexity index is 990. The normalized spacial score (nSPS) is 21.5. The van der Waals surface area contributed by atoms with Gasteiger partial charge in [-0.05, 0) is 73.9 Å². The minimum Gasteiger partial charge on any atom is -0.494 e. The highest BCUT2D eigenvalue weighted by atomic mass is 16.5. The van der Waals surface area contributed by atoms with Crippen LogP contribution in [0.4, 0.5) is 0 Å². The Morgan fingerprint density at radius 3 is 2.53 bits per heavy atom. The number of para-hydroxylation sites is 1. The molecule has 0 spiro atoms. The van der Waals surface area contributed by atoms with Gasteiger partial charge in [0.1, 0.15) is 11.3 Å². The number of rotatable bonds is 7. The predicted molar refractivity (Wildman–Crippen MR) is 120 cm³/mol. The fraction of sp³-hybridized carbons (Fsp3) is 0.423. The highest BCUT2D eigenvalue weighted by molar-refractivity contribution is 5.84. The van der Waals surface area contributed by atoms with Crippen molar-refractivity contribution in [3.63, 3.8) is 0 Å². The molecule has 1 saturated carbocycles. The highest BCUT2D eigenvalue weighted by Crippen LogP contribution is 2.42. The van der Waals surface area contributed by atoms with E-state index in [2.05, 4.69) is 34.1 Å². The molecule has 2 aromatic carbocycles. The van der Waals surface area contributed by atoms with E-state index in [0.717, 1.165) is 29.8 Å². The summed E-state index contributed by atoms with van der Waals surface area (Å²) in [4.78, 5) is 7.21. The number of pyridine rings is 1. The monoisotopic (exact) mass is 402 g/mol. The van der Waals surface area contributed by atoms with E-state index in [1.807, 2.05) is 30.3 Å². The molecule has 1 saturated heterocycles. The molecule has 5 rings (SSSR count). The van der Waals surface area contributed by atoms with Crippen LogP contribution in [0.1, 0.15) is 42.7 Å². The molecule has 1 aliphatic heterocycles. The molecular weight excluding hydrogens is 372 g/mol. The first kappa shape index (κ1) is 19.4. The van der Waals surface area contributed by atoms with Gasteiger partial charge in [-0.2, -0.15) is 0 Å². The molecule has 156 valence electrons. The third kappa shape index (κ3) is 4.15. The van der Waals surface area contributed by atoms with Crippen molar-refractivity contribution in [3.8, 4) is 11.6 Å². The Kier molecular flexibility index (Phi) is 5.58. The van der Waals surface area contributed by atoms with Gasteiger partial charge >= 0.3 is 0 Å². The van der Waals surface area contributed by atoms with Crippen molar-refractivity contribution in [1.29, 1.82) is 0 Å². The molecule has 0 amide bonds. The minimum atomic E-state index is 0.606. The fourth-order valence-electron chi connectivity index (χ4n) is 4.79. The Morgan fingerprint density at radius 1 is 0.967 bits per heavy atom. The summed E-state index contributed by atoms with van der Waals surface area (Å²) in [6, 6.07) is 19.3. The van der Waals surface area contributed by atoms with Crippen molar-refractivity contribution in [2.75, 3.05) is 26.8 Å². The first-order valence-electron chi connectivity index (χ1n) is 11.2. The van der Waals surface area contributed by atoms with Gasteiger partial charge in [-0.1, -0.05) is 36.4 Å². The molecule has 4 nitrogen and oxygen atoms in total. The van der Waals surface area contributed by atoms with E-state index in [9.17, 15) is 0 Å². The van der Waals surface area contributed by atoms with Crippen molar-refractivity contribution in [2.24, 2.45) is 5.92 Å². The fourth-order valence-corrected chi connectivity index (χ4v) is 4.79. The lowest BCUT2D eigenvalue weighted by atomic mass is 9.72. The van der Waals surface area contributed by atoms with Gasteiger partial charge in [0.05, 0.1) is 13.7 Å². The summed E-state index contributed by atoms with van der Waals surface area (Å²) in [5, 5.41) is 1.07. The van der Waals surface area contributed by atoms with Crippen molar-refractivity contribution in [1.82, 2.24) is 9.88 Å². The van der Waals surface area contributed by atoms with Gasteiger partial charge in [0, 0.05) is 18.0 Å². The third-order valence-corrected chi connectivity index (χ3v) is 6.64. The second-order valence-corrected chi connectivity index (χ2v) is 8.75. The number of hydrogen-bond donors (Lipinski definition) is 0. The molecule has 1 aromatic heterocycles. The van der Waals surface area contributed by atoms with E-state index in [-0.39, 0.29) is 0 Å². The van der Waals surface area contributed by atoms with Crippen molar-refractivity contribution >= 4 is 10.9 Å². The molecule has 0 bridgehead atoms. The van der Waals surface area contributed by atoms with Crippen LogP contribution in [0.25, 0.3) is 10.9 Å². The van der Waals surface area contributed by atoms with Gasteiger partial charge in [-0.25, -0.2) is 4.98 Å².